The topological polar surface area (TPSA) is 63.0 Å². The average Bonchev–Trinajstić information content (AvgIpc) is 2.73. The molecule has 1 aromatic heterocycles. The summed E-state index contributed by atoms with van der Waals surface area (Å²) in [6.45, 7) is 14.7. The zero-order valence-electron chi connectivity index (χ0n) is 13.0. The molecule has 0 bridgehead atoms. The van der Waals surface area contributed by atoms with Crippen LogP contribution >= 0.6 is 0 Å². The van der Waals surface area contributed by atoms with E-state index in [0.717, 1.165) is 6.54 Å². The van der Waals surface area contributed by atoms with Gasteiger partial charge in [-0.2, -0.15) is 0 Å². The Balaban J connectivity index is 2.45. The van der Waals surface area contributed by atoms with Crippen molar-refractivity contribution in [3.8, 4) is 0 Å². The second-order valence-corrected chi connectivity index (χ2v) is 6.07. The molecule has 5 heteroatoms. The minimum Gasteiger partial charge on any atom is -0.407 e. The summed E-state index contributed by atoms with van der Waals surface area (Å²) in [5.74, 6) is 2.50. The third kappa shape index (κ3) is 5.59. The van der Waals surface area contributed by atoms with Crippen molar-refractivity contribution in [3.05, 3.63) is 5.89 Å². The highest BCUT2D eigenvalue weighted by Gasteiger charge is 2.18. The lowest BCUT2D eigenvalue weighted by Crippen LogP contribution is -2.24. The van der Waals surface area contributed by atoms with Gasteiger partial charge in [-0.3, -0.25) is 0 Å². The van der Waals surface area contributed by atoms with Crippen LogP contribution in [0, 0.1) is 17.8 Å². The SMILES string of the molecule is CC(C)NCc1nnc(NCC(C(C)C)C(C)C)o1. The Bertz CT molecular complexity index is 352. The minimum absolute atomic E-state index is 0.412. The molecule has 110 valence electrons. The Morgan fingerprint density at radius 2 is 1.63 bits per heavy atom. The van der Waals surface area contributed by atoms with Crippen molar-refractivity contribution >= 4 is 6.01 Å². The maximum absolute atomic E-state index is 5.55. The third-order valence-electron chi connectivity index (χ3n) is 3.33. The molecule has 1 aromatic rings. The van der Waals surface area contributed by atoms with Crippen molar-refractivity contribution in [2.45, 2.75) is 54.1 Å². The number of nitrogens with zero attached hydrogens (tertiary/aromatic N) is 2. The van der Waals surface area contributed by atoms with Gasteiger partial charge >= 0.3 is 6.01 Å². The van der Waals surface area contributed by atoms with E-state index in [4.69, 9.17) is 4.42 Å². The van der Waals surface area contributed by atoms with Gasteiger partial charge in [0, 0.05) is 12.6 Å². The molecule has 0 spiro atoms. The van der Waals surface area contributed by atoms with E-state index in [0.29, 0.717) is 42.2 Å². The third-order valence-corrected chi connectivity index (χ3v) is 3.33. The molecule has 5 nitrogen and oxygen atoms in total. The summed E-state index contributed by atoms with van der Waals surface area (Å²) in [5.41, 5.74) is 0. The van der Waals surface area contributed by atoms with Crippen molar-refractivity contribution in [1.82, 2.24) is 15.5 Å². The predicted molar refractivity (Wildman–Crippen MR) is 77.9 cm³/mol. The maximum atomic E-state index is 5.55. The van der Waals surface area contributed by atoms with Crippen LogP contribution in [0.4, 0.5) is 6.01 Å². The molecule has 0 fully saturated rings. The number of rotatable bonds is 8. The van der Waals surface area contributed by atoms with Crippen molar-refractivity contribution in [2.75, 3.05) is 11.9 Å². The van der Waals surface area contributed by atoms with Crippen molar-refractivity contribution in [3.63, 3.8) is 0 Å². The average molecular weight is 268 g/mol. The van der Waals surface area contributed by atoms with E-state index in [-0.39, 0.29) is 0 Å². The van der Waals surface area contributed by atoms with E-state index >= 15 is 0 Å². The van der Waals surface area contributed by atoms with Gasteiger partial charge in [0.1, 0.15) is 0 Å². The van der Waals surface area contributed by atoms with E-state index < -0.39 is 0 Å². The first-order chi connectivity index (χ1) is 8.90. The van der Waals surface area contributed by atoms with Crippen LogP contribution in [0.2, 0.25) is 0 Å². The van der Waals surface area contributed by atoms with Gasteiger partial charge in [-0.1, -0.05) is 46.6 Å². The lowest BCUT2D eigenvalue weighted by atomic mass is 9.85. The van der Waals surface area contributed by atoms with E-state index in [2.05, 4.69) is 62.4 Å². The molecule has 0 saturated carbocycles. The largest absolute Gasteiger partial charge is 0.407 e. The fraction of sp³-hybridized carbons (Fsp3) is 0.857. The van der Waals surface area contributed by atoms with Crippen LogP contribution in [0.3, 0.4) is 0 Å². The van der Waals surface area contributed by atoms with Gasteiger partial charge in [-0.15, -0.1) is 5.10 Å². The van der Waals surface area contributed by atoms with Gasteiger partial charge in [-0.05, 0) is 17.8 Å². The fourth-order valence-corrected chi connectivity index (χ4v) is 2.13. The predicted octanol–water partition coefficient (Wildman–Crippen LogP) is 2.91. The van der Waals surface area contributed by atoms with Gasteiger partial charge in [-0.25, -0.2) is 0 Å². The first kappa shape index (κ1) is 16.0. The first-order valence-corrected chi connectivity index (χ1v) is 7.19. The summed E-state index contributed by atoms with van der Waals surface area (Å²) in [7, 11) is 0. The number of nitrogens with one attached hydrogen (secondary N) is 2. The molecule has 2 N–H and O–H groups in total. The second kappa shape index (κ2) is 7.48. The highest BCUT2D eigenvalue weighted by atomic mass is 16.4. The van der Waals surface area contributed by atoms with Gasteiger partial charge in [0.2, 0.25) is 5.89 Å². The molecular formula is C14H28N4O. The summed E-state index contributed by atoms with van der Waals surface area (Å²) in [4.78, 5) is 0. The van der Waals surface area contributed by atoms with Crippen LogP contribution < -0.4 is 10.6 Å². The van der Waals surface area contributed by atoms with Crippen LogP contribution in [0.15, 0.2) is 4.42 Å². The summed E-state index contributed by atoms with van der Waals surface area (Å²) in [6, 6.07) is 0.932. The fourth-order valence-electron chi connectivity index (χ4n) is 2.13. The lowest BCUT2D eigenvalue weighted by Gasteiger charge is -2.24. The molecule has 1 heterocycles. The number of hydrogen-bond donors (Lipinski definition) is 2. The molecule has 0 aliphatic rings. The number of hydrogen-bond acceptors (Lipinski definition) is 5. The standard InChI is InChI=1S/C14H28N4O/c1-9(2)12(10(3)4)7-16-14-18-17-13(19-14)8-15-11(5)6/h9-12,15H,7-8H2,1-6H3,(H,16,18). The van der Waals surface area contributed by atoms with Gasteiger partial charge in [0.25, 0.3) is 0 Å². The Morgan fingerprint density at radius 3 is 2.16 bits per heavy atom. The van der Waals surface area contributed by atoms with Crippen LogP contribution in [0.25, 0.3) is 0 Å². The van der Waals surface area contributed by atoms with Gasteiger partial charge < -0.3 is 15.1 Å². The van der Waals surface area contributed by atoms with Gasteiger partial charge in [0.05, 0.1) is 6.54 Å². The quantitative estimate of drug-likeness (QED) is 0.759. The van der Waals surface area contributed by atoms with Crippen LogP contribution in [-0.4, -0.2) is 22.8 Å². The number of anilines is 1. The van der Waals surface area contributed by atoms with Crippen molar-refractivity contribution in [1.29, 1.82) is 0 Å². The highest BCUT2D eigenvalue weighted by molar-refractivity contribution is 5.17. The van der Waals surface area contributed by atoms with E-state index in [1.807, 2.05) is 0 Å². The second-order valence-electron chi connectivity index (χ2n) is 6.07. The maximum Gasteiger partial charge on any atom is 0.315 e. The summed E-state index contributed by atoms with van der Waals surface area (Å²) in [5, 5.41) is 14.5. The van der Waals surface area contributed by atoms with Crippen molar-refractivity contribution < 1.29 is 4.42 Å². The van der Waals surface area contributed by atoms with Crippen LogP contribution in [-0.2, 0) is 6.54 Å². The molecule has 0 atom stereocenters. The molecule has 0 radical (unpaired) electrons. The molecule has 0 aliphatic heterocycles. The molecular weight excluding hydrogens is 240 g/mol. The highest BCUT2D eigenvalue weighted by Crippen LogP contribution is 2.21. The summed E-state index contributed by atoms with van der Waals surface area (Å²) < 4.78 is 5.55. The van der Waals surface area contributed by atoms with Crippen molar-refractivity contribution in [2.24, 2.45) is 17.8 Å². The molecule has 0 saturated heterocycles. The monoisotopic (exact) mass is 268 g/mol. The molecule has 0 unspecified atom stereocenters. The van der Waals surface area contributed by atoms with E-state index in [1.165, 1.54) is 0 Å². The molecule has 19 heavy (non-hydrogen) atoms. The first-order valence-electron chi connectivity index (χ1n) is 7.19. The Hall–Kier alpha value is -1.10. The summed E-state index contributed by atoms with van der Waals surface area (Å²) >= 11 is 0. The molecule has 0 amide bonds. The normalized spacial score (nSPS) is 12.1. The molecule has 1 rings (SSSR count). The van der Waals surface area contributed by atoms with E-state index in [1.54, 1.807) is 0 Å². The number of aromatic nitrogens is 2. The Kier molecular flexibility index (Phi) is 6.28. The molecule has 0 aliphatic carbocycles. The Morgan fingerprint density at radius 1 is 1.00 bits per heavy atom. The van der Waals surface area contributed by atoms with Crippen LogP contribution in [0.5, 0.6) is 0 Å². The Labute approximate surface area is 116 Å². The zero-order valence-corrected chi connectivity index (χ0v) is 13.0. The zero-order chi connectivity index (χ0) is 14.4. The lowest BCUT2D eigenvalue weighted by molar-refractivity contribution is 0.302. The smallest absolute Gasteiger partial charge is 0.315 e. The minimum atomic E-state index is 0.412. The van der Waals surface area contributed by atoms with Gasteiger partial charge in [0.15, 0.2) is 0 Å². The molecule has 0 aromatic carbocycles. The van der Waals surface area contributed by atoms with E-state index in [9.17, 15) is 0 Å². The van der Waals surface area contributed by atoms with Crippen LogP contribution in [0.1, 0.15) is 47.4 Å². The summed E-state index contributed by atoms with van der Waals surface area (Å²) in [6.07, 6.45) is 0.